The van der Waals surface area contributed by atoms with Gasteiger partial charge in [-0.25, -0.2) is 0 Å². The molecule has 16 heavy (non-hydrogen) atoms. The molecule has 0 aromatic carbocycles. The minimum atomic E-state index is -0.0319. The van der Waals surface area contributed by atoms with Crippen molar-refractivity contribution in [3.63, 3.8) is 0 Å². The molecule has 3 aliphatic rings. The SMILES string of the molecule is CN1C[C@@H]2CC[C@H](N3CCCC3)[C@H](C1)[C@H]2O. The average Bonchev–Trinajstić information content (AvgIpc) is 2.74. The Morgan fingerprint density at radius 2 is 1.81 bits per heavy atom. The third kappa shape index (κ3) is 1.79. The maximum atomic E-state index is 10.4. The molecule has 0 spiro atoms. The summed E-state index contributed by atoms with van der Waals surface area (Å²) in [5.74, 6) is 1.05. The zero-order valence-electron chi connectivity index (χ0n) is 10.3. The summed E-state index contributed by atoms with van der Waals surface area (Å²) in [6, 6.07) is 0.663. The van der Waals surface area contributed by atoms with Crippen LogP contribution in [0.3, 0.4) is 0 Å². The molecule has 2 bridgehead atoms. The molecule has 0 aromatic rings. The first-order valence-electron chi connectivity index (χ1n) is 6.86. The molecular formula is C13H24N2O. The fourth-order valence-electron chi connectivity index (χ4n) is 4.14. The first-order chi connectivity index (χ1) is 7.75. The highest BCUT2D eigenvalue weighted by Gasteiger charge is 2.44. The molecule has 1 N–H and O–H groups in total. The van der Waals surface area contributed by atoms with Gasteiger partial charge < -0.3 is 10.0 Å². The fourth-order valence-corrected chi connectivity index (χ4v) is 4.14. The smallest absolute Gasteiger partial charge is 0.0635 e. The van der Waals surface area contributed by atoms with Crippen molar-refractivity contribution in [3.05, 3.63) is 0 Å². The van der Waals surface area contributed by atoms with Gasteiger partial charge in [-0.1, -0.05) is 0 Å². The Morgan fingerprint density at radius 3 is 2.56 bits per heavy atom. The molecule has 0 radical (unpaired) electrons. The number of hydrogen-bond acceptors (Lipinski definition) is 3. The van der Waals surface area contributed by atoms with Crippen LogP contribution in [-0.4, -0.2) is 60.3 Å². The van der Waals surface area contributed by atoms with Crippen molar-refractivity contribution in [2.45, 2.75) is 37.8 Å². The van der Waals surface area contributed by atoms with E-state index < -0.39 is 0 Å². The summed E-state index contributed by atoms with van der Waals surface area (Å²) in [6.45, 7) is 4.73. The minimum absolute atomic E-state index is 0.0319. The number of fused-ring (bicyclic) bond motifs is 2. The van der Waals surface area contributed by atoms with Crippen molar-refractivity contribution in [3.8, 4) is 0 Å². The lowest BCUT2D eigenvalue weighted by atomic mass is 9.72. The summed E-state index contributed by atoms with van der Waals surface area (Å²) in [5.41, 5.74) is 0. The molecule has 3 rings (SSSR count). The molecule has 0 unspecified atom stereocenters. The Kier molecular flexibility index (Phi) is 2.94. The maximum Gasteiger partial charge on any atom is 0.0635 e. The van der Waals surface area contributed by atoms with Crippen LogP contribution in [0, 0.1) is 11.8 Å². The Morgan fingerprint density at radius 1 is 1.06 bits per heavy atom. The van der Waals surface area contributed by atoms with Gasteiger partial charge in [0.2, 0.25) is 0 Å². The van der Waals surface area contributed by atoms with E-state index in [1.54, 1.807) is 0 Å². The topological polar surface area (TPSA) is 26.7 Å². The van der Waals surface area contributed by atoms with Crippen molar-refractivity contribution in [2.75, 3.05) is 33.2 Å². The molecule has 92 valence electrons. The number of nitrogens with zero attached hydrogens (tertiary/aromatic N) is 2. The number of aliphatic hydroxyl groups excluding tert-OH is 1. The zero-order valence-corrected chi connectivity index (χ0v) is 10.3. The van der Waals surface area contributed by atoms with Crippen molar-refractivity contribution in [2.24, 2.45) is 11.8 Å². The van der Waals surface area contributed by atoms with E-state index in [0.717, 1.165) is 13.1 Å². The van der Waals surface area contributed by atoms with Gasteiger partial charge in [0.1, 0.15) is 0 Å². The number of rotatable bonds is 1. The molecule has 1 aliphatic carbocycles. The van der Waals surface area contributed by atoms with E-state index in [9.17, 15) is 5.11 Å². The first kappa shape index (κ1) is 11.0. The lowest BCUT2D eigenvalue weighted by Crippen LogP contribution is -2.58. The van der Waals surface area contributed by atoms with Gasteiger partial charge in [0.25, 0.3) is 0 Å². The molecule has 3 heteroatoms. The maximum absolute atomic E-state index is 10.4. The molecule has 0 amide bonds. The summed E-state index contributed by atoms with van der Waals surface area (Å²) in [6.07, 6.45) is 5.23. The fraction of sp³-hybridized carbons (Fsp3) is 1.00. The highest BCUT2D eigenvalue weighted by atomic mass is 16.3. The van der Waals surface area contributed by atoms with Crippen LogP contribution in [0.2, 0.25) is 0 Å². The van der Waals surface area contributed by atoms with Crippen LogP contribution in [0.15, 0.2) is 0 Å². The predicted molar refractivity (Wildman–Crippen MR) is 64.3 cm³/mol. The molecular weight excluding hydrogens is 200 g/mol. The van der Waals surface area contributed by atoms with E-state index in [1.165, 1.54) is 38.8 Å². The average molecular weight is 224 g/mol. The lowest BCUT2D eigenvalue weighted by Gasteiger charge is -2.50. The minimum Gasteiger partial charge on any atom is -0.392 e. The summed E-state index contributed by atoms with van der Waals surface area (Å²) in [4.78, 5) is 5.06. The van der Waals surface area contributed by atoms with E-state index in [-0.39, 0.29) is 6.10 Å². The monoisotopic (exact) mass is 224 g/mol. The largest absolute Gasteiger partial charge is 0.392 e. The van der Waals surface area contributed by atoms with Crippen LogP contribution in [0.4, 0.5) is 0 Å². The van der Waals surface area contributed by atoms with Gasteiger partial charge >= 0.3 is 0 Å². The second-order valence-electron chi connectivity index (χ2n) is 6.02. The van der Waals surface area contributed by atoms with Crippen LogP contribution in [-0.2, 0) is 0 Å². The Balaban J connectivity index is 1.74. The van der Waals surface area contributed by atoms with E-state index in [0.29, 0.717) is 17.9 Å². The molecule has 3 fully saturated rings. The van der Waals surface area contributed by atoms with E-state index in [4.69, 9.17) is 0 Å². The van der Waals surface area contributed by atoms with Crippen LogP contribution >= 0.6 is 0 Å². The molecule has 2 aliphatic heterocycles. The second kappa shape index (κ2) is 4.28. The van der Waals surface area contributed by atoms with Crippen molar-refractivity contribution in [1.29, 1.82) is 0 Å². The van der Waals surface area contributed by atoms with Crippen LogP contribution in [0.5, 0.6) is 0 Å². The molecule has 2 heterocycles. The van der Waals surface area contributed by atoms with Gasteiger partial charge in [-0.2, -0.15) is 0 Å². The highest BCUT2D eigenvalue weighted by molar-refractivity contribution is 4.98. The van der Waals surface area contributed by atoms with Gasteiger partial charge in [0, 0.05) is 25.0 Å². The van der Waals surface area contributed by atoms with Gasteiger partial charge in [-0.05, 0) is 51.7 Å². The zero-order chi connectivity index (χ0) is 11.1. The number of likely N-dealkylation sites (tertiary alicyclic amines) is 2. The molecule has 0 aromatic heterocycles. The highest BCUT2D eigenvalue weighted by Crippen LogP contribution is 2.38. The summed E-state index contributed by atoms with van der Waals surface area (Å²) >= 11 is 0. The second-order valence-corrected chi connectivity index (χ2v) is 6.02. The van der Waals surface area contributed by atoms with Gasteiger partial charge in [0.05, 0.1) is 6.10 Å². The first-order valence-corrected chi connectivity index (χ1v) is 6.86. The molecule has 2 saturated heterocycles. The quantitative estimate of drug-likeness (QED) is 0.713. The van der Waals surface area contributed by atoms with Crippen LogP contribution in [0.1, 0.15) is 25.7 Å². The Hall–Kier alpha value is -0.120. The molecule has 1 saturated carbocycles. The Labute approximate surface area is 98.4 Å². The van der Waals surface area contributed by atoms with Gasteiger partial charge in [-0.3, -0.25) is 4.90 Å². The predicted octanol–water partition coefficient (Wildman–Crippen LogP) is 0.783. The van der Waals surface area contributed by atoms with Gasteiger partial charge in [-0.15, -0.1) is 0 Å². The summed E-state index contributed by atoms with van der Waals surface area (Å²) < 4.78 is 0. The van der Waals surface area contributed by atoms with E-state index in [2.05, 4.69) is 16.8 Å². The normalized spacial score (nSPS) is 46.1. The summed E-state index contributed by atoms with van der Waals surface area (Å²) in [7, 11) is 2.21. The van der Waals surface area contributed by atoms with Gasteiger partial charge in [0.15, 0.2) is 0 Å². The van der Waals surface area contributed by atoms with Crippen LogP contribution < -0.4 is 0 Å². The van der Waals surface area contributed by atoms with Crippen molar-refractivity contribution < 1.29 is 5.11 Å². The molecule has 4 atom stereocenters. The number of hydrogen-bond donors (Lipinski definition) is 1. The molecule has 3 nitrogen and oxygen atoms in total. The standard InChI is InChI=1S/C13H24N2O/c1-14-8-10-4-5-12(11(9-14)13(10)16)15-6-2-3-7-15/h10-13,16H,2-9H2,1H3/t10-,11-,12-,13-/m0/s1. The number of piperidine rings is 1. The van der Waals surface area contributed by atoms with Crippen molar-refractivity contribution >= 4 is 0 Å². The van der Waals surface area contributed by atoms with Crippen LogP contribution in [0.25, 0.3) is 0 Å². The summed E-state index contributed by atoms with van der Waals surface area (Å²) in [5, 5.41) is 10.4. The van der Waals surface area contributed by atoms with E-state index in [1.807, 2.05) is 0 Å². The Bertz CT molecular complexity index is 250. The van der Waals surface area contributed by atoms with E-state index >= 15 is 0 Å². The third-order valence-electron chi connectivity index (χ3n) is 4.93. The lowest BCUT2D eigenvalue weighted by molar-refractivity contribution is -0.0800. The number of aliphatic hydroxyl groups is 1. The van der Waals surface area contributed by atoms with Crippen molar-refractivity contribution in [1.82, 2.24) is 9.80 Å². The third-order valence-corrected chi connectivity index (χ3v) is 4.93.